The van der Waals surface area contributed by atoms with Crippen LogP contribution in [0.5, 0.6) is 0 Å². The van der Waals surface area contributed by atoms with Gasteiger partial charge in [-0.2, -0.15) is 0 Å². The zero-order valence-electron chi connectivity index (χ0n) is 7.43. The summed E-state index contributed by atoms with van der Waals surface area (Å²) in [5.41, 5.74) is 1.21. The van der Waals surface area contributed by atoms with E-state index in [1.807, 2.05) is 0 Å². The predicted octanol–water partition coefficient (Wildman–Crippen LogP) is 3.00. The number of allylic oxidation sites excluding steroid dienone is 2. The van der Waals surface area contributed by atoms with Crippen LogP contribution in [-0.2, 0) is 0 Å². The van der Waals surface area contributed by atoms with Gasteiger partial charge in [0.05, 0.1) is 0 Å². The quantitative estimate of drug-likeness (QED) is 0.463. The van der Waals surface area contributed by atoms with E-state index in [-0.39, 0.29) is 0 Å². The van der Waals surface area contributed by atoms with Crippen molar-refractivity contribution in [3.05, 3.63) is 12.2 Å². The van der Waals surface area contributed by atoms with Crippen LogP contribution in [0.4, 0.5) is 0 Å². The lowest BCUT2D eigenvalue weighted by Gasteiger charge is -2.39. The average Bonchev–Trinajstić information content (AvgIpc) is 2.55. The van der Waals surface area contributed by atoms with Gasteiger partial charge < -0.3 is 0 Å². The maximum atomic E-state index is 2.47. The molecule has 0 aliphatic heterocycles. The van der Waals surface area contributed by atoms with E-state index < -0.39 is 0 Å². The van der Waals surface area contributed by atoms with Crippen molar-refractivity contribution < 1.29 is 0 Å². The fourth-order valence-corrected chi connectivity index (χ4v) is 3.74. The lowest BCUT2D eigenvalue weighted by Crippen LogP contribution is -2.33. The second kappa shape index (κ2) is 1.44. The molecule has 0 nitrogen and oxygen atoms in total. The first kappa shape index (κ1) is 6.28. The molecule has 3 aliphatic carbocycles. The summed E-state index contributed by atoms with van der Waals surface area (Å²) < 4.78 is 0. The third kappa shape index (κ3) is 0.483. The standard InChI is InChI=1S/C11H16/c1-10(2)8-3-4-9(7-8)11(10)5-6-11/h5-6,8-9H,3-4,7H2,1-2H3/t8-,9+/m0/s1. The minimum absolute atomic E-state index is 0.607. The molecule has 0 saturated heterocycles. The lowest BCUT2D eigenvalue weighted by atomic mass is 9.65. The Hall–Kier alpha value is -0.260. The fourth-order valence-electron chi connectivity index (χ4n) is 3.74. The van der Waals surface area contributed by atoms with Crippen LogP contribution in [0.3, 0.4) is 0 Å². The Kier molecular flexibility index (Phi) is 0.821. The predicted molar refractivity (Wildman–Crippen MR) is 46.2 cm³/mol. The van der Waals surface area contributed by atoms with Crippen molar-refractivity contribution >= 4 is 0 Å². The van der Waals surface area contributed by atoms with E-state index in [0.717, 1.165) is 11.8 Å². The van der Waals surface area contributed by atoms with Crippen LogP contribution in [-0.4, -0.2) is 0 Å². The van der Waals surface area contributed by atoms with Gasteiger partial charge in [-0.05, 0) is 36.5 Å². The number of fused-ring (bicyclic) bond motifs is 3. The molecule has 11 heavy (non-hydrogen) atoms. The Morgan fingerprint density at radius 1 is 1.09 bits per heavy atom. The first-order chi connectivity index (χ1) is 5.17. The van der Waals surface area contributed by atoms with Crippen molar-refractivity contribution in [3.63, 3.8) is 0 Å². The molecule has 0 heterocycles. The third-order valence-electron chi connectivity index (χ3n) is 4.77. The van der Waals surface area contributed by atoms with Gasteiger partial charge in [-0.25, -0.2) is 0 Å². The van der Waals surface area contributed by atoms with E-state index in [2.05, 4.69) is 26.0 Å². The molecule has 0 N–H and O–H groups in total. The normalized spacial score (nSPS) is 47.1. The van der Waals surface area contributed by atoms with Crippen molar-refractivity contribution in [1.29, 1.82) is 0 Å². The molecule has 0 aromatic carbocycles. The molecule has 0 unspecified atom stereocenters. The highest BCUT2D eigenvalue weighted by Crippen LogP contribution is 2.72. The number of hydrogen-bond donors (Lipinski definition) is 0. The van der Waals surface area contributed by atoms with Crippen molar-refractivity contribution in [1.82, 2.24) is 0 Å². The molecular weight excluding hydrogens is 132 g/mol. The van der Waals surface area contributed by atoms with Gasteiger partial charge in [0.15, 0.2) is 0 Å². The van der Waals surface area contributed by atoms with Gasteiger partial charge in [-0.3, -0.25) is 0 Å². The summed E-state index contributed by atoms with van der Waals surface area (Å²) in [7, 11) is 0. The highest BCUT2D eigenvalue weighted by molar-refractivity contribution is 5.37. The van der Waals surface area contributed by atoms with Gasteiger partial charge in [0.1, 0.15) is 0 Å². The molecule has 2 fully saturated rings. The van der Waals surface area contributed by atoms with E-state index in [0.29, 0.717) is 10.8 Å². The molecule has 2 atom stereocenters. The minimum atomic E-state index is 0.607. The summed E-state index contributed by atoms with van der Waals surface area (Å²) in [4.78, 5) is 0. The molecule has 3 rings (SSSR count). The molecule has 0 aromatic rings. The van der Waals surface area contributed by atoms with Crippen LogP contribution in [0.15, 0.2) is 12.2 Å². The van der Waals surface area contributed by atoms with Crippen molar-refractivity contribution in [2.75, 3.05) is 0 Å². The van der Waals surface area contributed by atoms with E-state index in [9.17, 15) is 0 Å². The Balaban J connectivity index is 2.06. The van der Waals surface area contributed by atoms with E-state index >= 15 is 0 Å². The molecule has 2 bridgehead atoms. The molecule has 0 aromatic heterocycles. The molecular formula is C11H16. The largest absolute Gasteiger partial charge is 0.0768 e. The van der Waals surface area contributed by atoms with Crippen molar-refractivity contribution in [3.8, 4) is 0 Å². The first-order valence-corrected chi connectivity index (χ1v) is 4.87. The summed E-state index contributed by atoms with van der Waals surface area (Å²) in [6.07, 6.45) is 9.45. The molecule has 2 saturated carbocycles. The van der Waals surface area contributed by atoms with Gasteiger partial charge in [0.25, 0.3) is 0 Å². The minimum Gasteiger partial charge on any atom is -0.0768 e. The Morgan fingerprint density at radius 3 is 2.09 bits per heavy atom. The summed E-state index contributed by atoms with van der Waals surface area (Å²) in [5, 5.41) is 0. The second-order valence-corrected chi connectivity index (χ2v) is 5.19. The lowest BCUT2D eigenvalue weighted by molar-refractivity contribution is 0.123. The van der Waals surface area contributed by atoms with Crippen LogP contribution >= 0.6 is 0 Å². The maximum absolute atomic E-state index is 2.47. The fraction of sp³-hybridized carbons (Fsp3) is 0.818. The van der Waals surface area contributed by atoms with E-state index in [1.54, 1.807) is 0 Å². The van der Waals surface area contributed by atoms with E-state index in [1.165, 1.54) is 19.3 Å². The highest BCUT2D eigenvalue weighted by Gasteiger charge is 2.64. The molecule has 3 aliphatic rings. The summed E-state index contributed by atoms with van der Waals surface area (Å²) in [6.45, 7) is 4.94. The summed E-state index contributed by atoms with van der Waals surface area (Å²) in [6, 6.07) is 0. The van der Waals surface area contributed by atoms with Crippen molar-refractivity contribution in [2.24, 2.45) is 22.7 Å². The molecule has 60 valence electrons. The second-order valence-electron chi connectivity index (χ2n) is 5.19. The van der Waals surface area contributed by atoms with Crippen molar-refractivity contribution in [2.45, 2.75) is 33.1 Å². The first-order valence-electron chi connectivity index (χ1n) is 4.87. The van der Waals surface area contributed by atoms with Crippen LogP contribution < -0.4 is 0 Å². The smallest absolute Gasteiger partial charge is 0.0144 e. The molecule has 0 heteroatoms. The van der Waals surface area contributed by atoms with E-state index in [4.69, 9.17) is 0 Å². The Morgan fingerprint density at radius 2 is 1.73 bits per heavy atom. The molecule has 0 amide bonds. The van der Waals surface area contributed by atoms with Crippen LogP contribution in [0.2, 0.25) is 0 Å². The Bertz CT molecular complexity index is 218. The topological polar surface area (TPSA) is 0 Å². The molecule has 0 radical (unpaired) electrons. The van der Waals surface area contributed by atoms with Crippen LogP contribution in [0.25, 0.3) is 0 Å². The molecule has 1 spiro atoms. The third-order valence-corrected chi connectivity index (χ3v) is 4.77. The average molecular weight is 148 g/mol. The van der Waals surface area contributed by atoms with Gasteiger partial charge in [-0.15, -0.1) is 0 Å². The summed E-state index contributed by atoms with van der Waals surface area (Å²) in [5.74, 6) is 2.06. The zero-order chi connectivity index (χ0) is 7.69. The van der Waals surface area contributed by atoms with Crippen LogP contribution in [0.1, 0.15) is 33.1 Å². The monoisotopic (exact) mass is 148 g/mol. The van der Waals surface area contributed by atoms with Gasteiger partial charge in [-0.1, -0.05) is 26.0 Å². The zero-order valence-corrected chi connectivity index (χ0v) is 7.43. The number of hydrogen-bond acceptors (Lipinski definition) is 0. The highest BCUT2D eigenvalue weighted by atomic mass is 14.7. The summed E-state index contributed by atoms with van der Waals surface area (Å²) >= 11 is 0. The SMILES string of the molecule is CC1(C)[C@H]2CC[C@H](C2)C12C=C2. The van der Waals surface area contributed by atoms with Crippen LogP contribution in [0, 0.1) is 22.7 Å². The van der Waals surface area contributed by atoms with Gasteiger partial charge in [0, 0.05) is 5.41 Å². The van der Waals surface area contributed by atoms with Gasteiger partial charge >= 0.3 is 0 Å². The Labute approximate surface area is 68.7 Å². The van der Waals surface area contributed by atoms with Gasteiger partial charge in [0.2, 0.25) is 0 Å². The number of rotatable bonds is 0. The maximum Gasteiger partial charge on any atom is 0.0144 e.